The van der Waals surface area contributed by atoms with Gasteiger partial charge in [-0.2, -0.15) is 8.42 Å². The van der Waals surface area contributed by atoms with Crippen molar-refractivity contribution in [1.82, 2.24) is 25.0 Å². The van der Waals surface area contributed by atoms with Gasteiger partial charge in [0.25, 0.3) is 21.9 Å². The number of nitrogens with one attached hydrogen (secondary N) is 2. The maximum atomic E-state index is 14.3. The molecule has 0 unspecified atom stereocenters. The van der Waals surface area contributed by atoms with E-state index < -0.39 is 51.6 Å². The molecule has 3 fully saturated rings. The summed E-state index contributed by atoms with van der Waals surface area (Å²) in [6.45, 7) is 8.32. The molecular formula is C32H43N5O8S. The first-order chi connectivity index (χ1) is 21.5. The number of aliphatic hydroxyl groups is 1. The van der Waals surface area contributed by atoms with Gasteiger partial charge < -0.3 is 20.3 Å². The molecule has 1 aromatic heterocycles. The smallest absolute Gasteiger partial charge is 0.281 e. The molecule has 5 heterocycles. The lowest BCUT2D eigenvalue weighted by Crippen LogP contribution is -2.72. The molecule has 7 rings (SSSR count). The maximum Gasteiger partial charge on any atom is 0.281 e. The zero-order chi connectivity index (χ0) is 33.5. The van der Waals surface area contributed by atoms with Crippen LogP contribution in [0.25, 0.3) is 16.5 Å². The number of piperazine rings is 1. The van der Waals surface area contributed by atoms with Gasteiger partial charge in [0.1, 0.15) is 12.1 Å². The van der Waals surface area contributed by atoms with Gasteiger partial charge in [-0.15, -0.1) is 0 Å². The highest BCUT2D eigenvalue weighted by Gasteiger charge is 2.72. The van der Waals surface area contributed by atoms with Crippen molar-refractivity contribution in [3.05, 3.63) is 41.6 Å². The summed E-state index contributed by atoms with van der Waals surface area (Å²) in [7, 11) is -1.64. The molecule has 1 aromatic carbocycles. The van der Waals surface area contributed by atoms with E-state index in [-0.39, 0.29) is 23.8 Å². The van der Waals surface area contributed by atoms with Crippen molar-refractivity contribution >= 4 is 44.3 Å². The highest BCUT2D eigenvalue weighted by Crippen LogP contribution is 2.49. The predicted octanol–water partition coefficient (Wildman–Crippen LogP) is 1.54. The summed E-state index contributed by atoms with van der Waals surface area (Å²) in [5.74, 6) is -4.36. The fourth-order valence-corrected chi connectivity index (χ4v) is 7.97. The van der Waals surface area contributed by atoms with Gasteiger partial charge in [-0.25, -0.2) is 0 Å². The van der Waals surface area contributed by atoms with Crippen LogP contribution in [0.3, 0.4) is 0 Å². The van der Waals surface area contributed by atoms with Crippen molar-refractivity contribution in [2.45, 2.75) is 76.7 Å². The van der Waals surface area contributed by atoms with Gasteiger partial charge in [-0.1, -0.05) is 45.9 Å². The van der Waals surface area contributed by atoms with E-state index in [1.807, 2.05) is 33.0 Å². The Kier molecular flexibility index (Phi) is 7.91. The van der Waals surface area contributed by atoms with E-state index >= 15 is 0 Å². The van der Waals surface area contributed by atoms with Crippen molar-refractivity contribution in [2.24, 2.45) is 17.8 Å². The fraction of sp³-hybridized carbons (Fsp3) is 0.594. The summed E-state index contributed by atoms with van der Waals surface area (Å²) in [6, 6.07) is 4.80. The molecule has 2 aromatic rings. The molecule has 5 aliphatic rings. The second kappa shape index (κ2) is 11.2. The SMILES string of the molecule is CC(C)[C@@H]1C(=O)N2CCC[C@H]2[C@]2(O)O[C@](NC(=O)[C@@H]3C=C4c5cccc6[nH]cc(c56)C[C@@H]4N(C)C3)(C(C)C)C(=O)N12.CS(=O)(=O)O. The van der Waals surface area contributed by atoms with Crippen LogP contribution in [0.4, 0.5) is 0 Å². The Labute approximate surface area is 268 Å². The van der Waals surface area contributed by atoms with Gasteiger partial charge in [0, 0.05) is 42.1 Å². The molecular weight excluding hydrogens is 614 g/mol. The number of benzene rings is 1. The van der Waals surface area contributed by atoms with E-state index in [2.05, 4.69) is 33.5 Å². The van der Waals surface area contributed by atoms with Crippen molar-refractivity contribution in [3.8, 4) is 0 Å². The van der Waals surface area contributed by atoms with Crippen LogP contribution in [0, 0.1) is 17.8 Å². The summed E-state index contributed by atoms with van der Waals surface area (Å²) >= 11 is 0. The summed E-state index contributed by atoms with van der Waals surface area (Å²) < 4.78 is 32.3. The lowest BCUT2D eigenvalue weighted by molar-refractivity contribution is -0.323. The Morgan fingerprint density at radius 1 is 1.20 bits per heavy atom. The average molecular weight is 658 g/mol. The standard InChI is InChI=1S/C31H39N5O5.CH4O3S/c1-16(2)26-28(38)35-11-7-10-24(35)31(40)36(26)29(39)30(41-31,17(3)4)33-27(37)19-12-21-20-8-6-9-22-25(20)18(14-32-22)13-23(21)34(5)15-19;1-5(2,3)4/h6,8-9,12,14,16-17,19,23-24,26,32,40H,7,10-11,13,15H2,1-5H3,(H,33,37);1H3,(H,2,3,4)/t19-,23+,24+,26-,30-,31+;/m1./s1. The minimum absolute atomic E-state index is 0.150. The van der Waals surface area contributed by atoms with Crippen molar-refractivity contribution in [2.75, 3.05) is 26.4 Å². The molecule has 3 saturated heterocycles. The van der Waals surface area contributed by atoms with Crippen molar-refractivity contribution < 1.29 is 37.2 Å². The van der Waals surface area contributed by atoms with Crippen LogP contribution in [-0.2, 0) is 35.7 Å². The number of hydrogen-bond donors (Lipinski definition) is 4. The number of H-pyrrole nitrogens is 1. The monoisotopic (exact) mass is 657 g/mol. The minimum atomic E-state index is -3.67. The highest BCUT2D eigenvalue weighted by molar-refractivity contribution is 7.85. The van der Waals surface area contributed by atoms with Crippen LogP contribution in [-0.4, -0.2) is 112 Å². The molecule has 3 amide bonds. The second-order valence-electron chi connectivity index (χ2n) is 13.9. The Hall–Kier alpha value is -3.30. The molecule has 1 aliphatic carbocycles. The number of ether oxygens (including phenoxy) is 1. The van der Waals surface area contributed by atoms with Crippen LogP contribution in [0.1, 0.15) is 51.7 Å². The number of aromatic amines is 1. The Morgan fingerprint density at radius 3 is 2.54 bits per heavy atom. The summed E-state index contributed by atoms with van der Waals surface area (Å²) in [6.07, 6.45) is 6.93. The second-order valence-corrected chi connectivity index (χ2v) is 15.3. The lowest BCUT2D eigenvalue weighted by Gasteiger charge is -2.49. The zero-order valence-electron chi connectivity index (χ0n) is 27.0. The molecule has 46 heavy (non-hydrogen) atoms. The number of amides is 3. The van der Waals surface area contributed by atoms with Crippen LogP contribution >= 0.6 is 0 Å². The van der Waals surface area contributed by atoms with Crippen molar-refractivity contribution in [1.29, 1.82) is 0 Å². The molecule has 13 nitrogen and oxygen atoms in total. The van der Waals surface area contributed by atoms with E-state index in [4.69, 9.17) is 9.29 Å². The minimum Gasteiger partial charge on any atom is -0.361 e. The molecule has 6 atom stereocenters. The molecule has 0 radical (unpaired) electrons. The van der Waals surface area contributed by atoms with Gasteiger partial charge in [-0.05, 0) is 55.0 Å². The normalized spacial score (nSPS) is 32.3. The third-order valence-corrected chi connectivity index (χ3v) is 10.1. The Morgan fingerprint density at radius 2 is 1.89 bits per heavy atom. The molecule has 0 bridgehead atoms. The number of rotatable bonds is 4. The number of carbonyl (C=O) groups excluding carboxylic acids is 3. The predicted molar refractivity (Wildman–Crippen MR) is 169 cm³/mol. The van der Waals surface area contributed by atoms with E-state index in [0.29, 0.717) is 32.2 Å². The number of carbonyl (C=O) groups is 3. The largest absolute Gasteiger partial charge is 0.361 e. The quantitative estimate of drug-likeness (QED) is 0.356. The number of nitrogens with zero attached hydrogens (tertiary/aromatic N) is 3. The van der Waals surface area contributed by atoms with Gasteiger partial charge in [0.05, 0.1) is 12.2 Å². The van der Waals surface area contributed by atoms with Gasteiger partial charge in [0.2, 0.25) is 17.5 Å². The molecule has 250 valence electrons. The van der Waals surface area contributed by atoms with Gasteiger partial charge in [-0.3, -0.25) is 33.5 Å². The Bertz CT molecular complexity index is 1730. The first-order valence-corrected chi connectivity index (χ1v) is 17.6. The third kappa shape index (κ3) is 5.05. The molecule has 4 N–H and O–H groups in total. The van der Waals surface area contributed by atoms with E-state index in [0.717, 1.165) is 23.1 Å². The summed E-state index contributed by atoms with van der Waals surface area (Å²) in [4.78, 5) is 50.4. The first-order valence-electron chi connectivity index (χ1n) is 15.8. The molecule has 0 saturated carbocycles. The van der Waals surface area contributed by atoms with Crippen molar-refractivity contribution in [3.63, 3.8) is 0 Å². The van der Waals surface area contributed by atoms with E-state index in [1.54, 1.807) is 18.7 Å². The highest BCUT2D eigenvalue weighted by atomic mass is 32.2. The van der Waals surface area contributed by atoms with Crippen LogP contribution in [0.15, 0.2) is 30.5 Å². The number of aromatic nitrogens is 1. The van der Waals surface area contributed by atoms with Crippen LogP contribution in [0.5, 0.6) is 0 Å². The molecule has 4 aliphatic heterocycles. The third-order valence-electron chi connectivity index (χ3n) is 10.1. The van der Waals surface area contributed by atoms with E-state index in [9.17, 15) is 27.9 Å². The first kappa shape index (κ1) is 32.6. The number of likely N-dealkylation sites (N-methyl/N-ethyl adjacent to an activating group) is 1. The Balaban J connectivity index is 0.000000692. The van der Waals surface area contributed by atoms with Gasteiger partial charge >= 0.3 is 0 Å². The summed E-state index contributed by atoms with van der Waals surface area (Å²) in [5, 5.41) is 16.2. The number of hydrogen-bond acceptors (Lipinski definition) is 8. The summed E-state index contributed by atoms with van der Waals surface area (Å²) in [5.41, 5.74) is 2.78. The van der Waals surface area contributed by atoms with Crippen LogP contribution < -0.4 is 5.32 Å². The van der Waals surface area contributed by atoms with Gasteiger partial charge in [0.15, 0.2) is 0 Å². The molecule has 0 spiro atoms. The fourth-order valence-electron chi connectivity index (χ4n) is 7.97. The zero-order valence-corrected chi connectivity index (χ0v) is 27.8. The average Bonchev–Trinajstić information content (AvgIpc) is 3.67. The maximum absolute atomic E-state index is 14.3. The molecule has 14 heteroatoms. The van der Waals surface area contributed by atoms with E-state index in [1.165, 1.54) is 15.8 Å². The number of fused-ring (bicyclic) bond motifs is 5. The lowest BCUT2D eigenvalue weighted by atomic mass is 9.79. The van der Waals surface area contributed by atoms with Crippen LogP contribution in [0.2, 0.25) is 0 Å². The topological polar surface area (TPSA) is 173 Å².